The molecule has 0 spiro atoms. The Morgan fingerprint density at radius 3 is 2.58 bits per heavy atom. The van der Waals surface area contributed by atoms with Crippen molar-refractivity contribution in [3.63, 3.8) is 0 Å². The first-order valence-electron chi connectivity index (χ1n) is 7.00. The Bertz CT molecular complexity index is 494. The summed E-state index contributed by atoms with van der Waals surface area (Å²) in [6.07, 6.45) is 7.06. The van der Waals surface area contributed by atoms with Gasteiger partial charge in [0.1, 0.15) is 0 Å². The third-order valence-corrected chi connectivity index (χ3v) is 4.94. The maximum Gasteiger partial charge on any atom is 0.316 e. The van der Waals surface area contributed by atoms with Gasteiger partial charge < -0.3 is 9.47 Å². The monoisotopic (exact) mass is 262 g/mol. The molecule has 0 aromatic carbocycles. The van der Waals surface area contributed by atoms with Gasteiger partial charge in [0.2, 0.25) is 0 Å². The van der Waals surface area contributed by atoms with Gasteiger partial charge in [0.25, 0.3) is 0 Å². The van der Waals surface area contributed by atoms with Crippen molar-refractivity contribution in [2.75, 3.05) is 13.7 Å². The molecule has 19 heavy (non-hydrogen) atoms. The molecular weight excluding hydrogens is 240 g/mol. The van der Waals surface area contributed by atoms with E-state index in [1.807, 2.05) is 0 Å². The van der Waals surface area contributed by atoms with Gasteiger partial charge in [-0.2, -0.15) is 0 Å². The van der Waals surface area contributed by atoms with E-state index in [4.69, 9.17) is 9.47 Å². The number of carbonyl (C=O) groups excluding carboxylic acids is 1. The summed E-state index contributed by atoms with van der Waals surface area (Å²) >= 11 is 0. The minimum Gasteiger partial charge on any atom is -0.468 e. The van der Waals surface area contributed by atoms with Crippen molar-refractivity contribution >= 4 is 5.97 Å². The molecule has 1 heterocycles. The van der Waals surface area contributed by atoms with Crippen molar-refractivity contribution in [2.24, 2.45) is 10.8 Å². The zero-order chi connectivity index (χ0) is 13.9. The van der Waals surface area contributed by atoms with Gasteiger partial charge >= 0.3 is 5.97 Å². The molecule has 0 N–H and O–H groups in total. The smallest absolute Gasteiger partial charge is 0.316 e. The van der Waals surface area contributed by atoms with Crippen LogP contribution in [0.3, 0.4) is 0 Å². The van der Waals surface area contributed by atoms with Gasteiger partial charge in [-0.15, -0.1) is 0 Å². The van der Waals surface area contributed by atoms with Crippen molar-refractivity contribution in [3.8, 4) is 0 Å². The summed E-state index contributed by atoms with van der Waals surface area (Å²) in [6.45, 7) is 7.33. The molecule has 3 nitrogen and oxygen atoms in total. The van der Waals surface area contributed by atoms with Crippen LogP contribution in [0, 0.1) is 10.8 Å². The van der Waals surface area contributed by atoms with E-state index in [1.165, 1.54) is 12.7 Å². The second-order valence-corrected chi connectivity index (χ2v) is 6.90. The normalized spacial score (nSPS) is 34.1. The van der Waals surface area contributed by atoms with E-state index < -0.39 is 0 Å². The lowest BCUT2D eigenvalue weighted by Crippen LogP contribution is -2.31. The number of fused-ring (bicyclic) bond motifs is 1. The SMILES string of the molecule is COC(=O)C1(C2=CCC3(C)OCC(C)(C)C3=C2)CC1. The summed E-state index contributed by atoms with van der Waals surface area (Å²) in [6, 6.07) is 0. The number of carbonyl (C=O) groups is 1. The van der Waals surface area contributed by atoms with Crippen molar-refractivity contribution in [2.45, 2.75) is 45.6 Å². The number of ether oxygens (including phenoxy) is 2. The number of rotatable bonds is 2. The minimum absolute atomic E-state index is 0.0560. The average Bonchev–Trinajstić information content (AvgIpc) is 3.13. The second-order valence-electron chi connectivity index (χ2n) is 6.90. The van der Waals surface area contributed by atoms with E-state index in [0.29, 0.717) is 0 Å². The lowest BCUT2D eigenvalue weighted by Gasteiger charge is -2.33. The Kier molecular flexibility index (Phi) is 2.53. The van der Waals surface area contributed by atoms with Crippen LogP contribution >= 0.6 is 0 Å². The highest BCUT2D eigenvalue weighted by Crippen LogP contribution is 2.57. The molecule has 104 valence electrons. The third-order valence-electron chi connectivity index (χ3n) is 4.94. The average molecular weight is 262 g/mol. The van der Waals surface area contributed by atoms with E-state index in [1.54, 1.807) is 0 Å². The molecule has 0 radical (unpaired) electrons. The first-order chi connectivity index (χ1) is 8.84. The fourth-order valence-corrected chi connectivity index (χ4v) is 3.51. The Labute approximate surface area is 114 Å². The summed E-state index contributed by atoms with van der Waals surface area (Å²) in [4.78, 5) is 12.0. The fraction of sp³-hybridized carbons (Fsp3) is 0.688. The highest BCUT2D eigenvalue weighted by atomic mass is 16.5. The van der Waals surface area contributed by atoms with Gasteiger partial charge in [-0.25, -0.2) is 0 Å². The third kappa shape index (κ3) is 1.71. The van der Waals surface area contributed by atoms with Crippen LogP contribution in [0.1, 0.15) is 40.0 Å². The van der Waals surface area contributed by atoms with E-state index in [9.17, 15) is 4.79 Å². The summed E-state index contributed by atoms with van der Waals surface area (Å²) in [7, 11) is 1.48. The molecule has 1 saturated carbocycles. The predicted molar refractivity (Wildman–Crippen MR) is 72.6 cm³/mol. The molecule has 3 rings (SSSR count). The standard InChI is InChI=1S/C16H22O3/c1-14(2)10-19-15(3)6-5-11(9-12(14)15)16(7-8-16)13(17)18-4/h5,9H,6-8,10H2,1-4H3. The number of methoxy groups -OCH3 is 1. The summed E-state index contributed by atoms with van der Waals surface area (Å²) in [5.41, 5.74) is 1.99. The Hall–Kier alpha value is -1.09. The zero-order valence-electron chi connectivity index (χ0n) is 12.2. The van der Waals surface area contributed by atoms with Crippen LogP contribution in [-0.2, 0) is 14.3 Å². The molecule has 1 aliphatic heterocycles. The number of hydrogen-bond donors (Lipinski definition) is 0. The molecule has 0 aromatic heterocycles. The topological polar surface area (TPSA) is 35.5 Å². The lowest BCUT2D eigenvalue weighted by molar-refractivity contribution is -0.145. The quantitative estimate of drug-likeness (QED) is 0.718. The van der Waals surface area contributed by atoms with Gasteiger partial charge in [-0.05, 0) is 37.3 Å². The predicted octanol–water partition coefficient (Wildman–Crippen LogP) is 3.01. The van der Waals surface area contributed by atoms with Crippen LogP contribution in [0.4, 0.5) is 0 Å². The van der Waals surface area contributed by atoms with Crippen LogP contribution in [0.25, 0.3) is 0 Å². The summed E-state index contributed by atoms with van der Waals surface area (Å²) in [5.74, 6) is -0.0871. The van der Waals surface area contributed by atoms with E-state index >= 15 is 0 Å². The summed E-state index contributed by atoms with van der Waals surface area (Å²) < 4.78 is 11.0. The molecule has 3 aliphatic rings. The molecular formula is C16H22O3. The molecule has 2 aliphatic carbocycles. The van der Waals surface area contributed by atoms with Crippen LogP contribution in [0.15, 0.2) is 23.3 Å². The summed E-state index contributed by atoms with van der Waals surface area (Å²) in [5, 5.41) is 0. The lowest BCUT2D eigenvalue weighted by atomic mass is 9.72. The van der Waals surface area contributed by atoms with E-state index in [2.05, 4.69) is 32.9 Å². The van der Waals surface area contributed by atoms with Gasteiger partial charge in [0, 0.05) is 5.41 Å². The van der Waals surface area contributed by atoms with E-state index in [-0.39, 0.29) is 22.4 Å². The van der Waals surface area contributed by atoms with Gasteiger partial charge in [-0.3, -0.25) is 4.79 Å². The van der Waals surface area contributed by atoms with Crippen LogP contribution in [0.2, 0.25) is 0 Å². The van der Waals surface area contributed by atoms with Gasteiger partial charge in [-0.1, -0.05) is 26.0 Å². The fourth-order valence-electron chi connectivity index (χ4n) is 3.51. The number of esters is 1. The molecule has 1 unspecified atom stereocenters. The Balaban J connectivity index is 1.98. The van der Waals surface area contributed by atoms with Crippen molar-refractivity contribution in [1.29, 1.82) is 0 Å². The Morgan fingerprint density at radius 1 is 1.32 bits per heavy atom. The van der Waals surface area contributed by atoms with E-state index in [0.717, 1.165) is 31.4 Å². The maximum atomic E-state index is 12.0. The van der Waals surface area contributed by atoms with Crippen LogP contribution in [-0.4, -0.2) is 25.3 Å². The molecule has 0 amide bonds. The first kappa shape index (κ1) is 12.9. The van der Waals surface area contributed by atoms with Crippen LogP contribution in [0.5, 0.6) is 0 Å². The first-order valence-corrected chi connectivity index (χ1v) is 7.00. The molecule has 1 saturated heterocycles. The van der Waals surface area contributed by atoms with Crippen molar-refractivity contribution in [3.05, 3.63) is 23.3 Å². The maximum absolute atomic E-state index is 12.0. The van der Waals surface area contributed by atoms with Crippen LogP contribution < -0.4 is 0 Å². The number of allylic oxidation sites excluding steroid dienone is 1. The minimum atomic E-state index is -0.359. The molecule has 1 atom stereocenters. The molecule has 2 fully saturated rings. The largest absolute Gasteiger partial charge is 0.468 e. The van der Waals surface area contributed by atoms with Gasteiger partial charge in [0.05, 0.1) is 24.7 Å². The molecule has 3 heteroatoms. The van der Waals surface area contributed by atoms with Crippen molar-refractivity contribution in [1.82, 2.24) is 0 Å². The molecule has 0 bridgehead atoms. The number of hydrogen-bond acceptors (Lipinski definition) is 3. The van der Waals surface area contributed by atoms with Gasteiger partial charge in [0.15, 0.2) is 0 Å². The highest BCUT2D eigenvalue weighted by molar-refractivity contribution is 5.85. The van der Waals surface area contributed by atoms with Crippen molar-refractivity contribution < 1.29 is 14.3 Å². The zero-order valence-corrected chi connectivity index (χ0v) is 12.2. The Morgan fingerprint density at radius 2 is 2.00 bits per heavy atom. The second kappa shape index (κ2) is 3.72. The highest BCUT2D eigenvalue weighted by Gasteiger charge is 2.56. The molecule has 0 aromatic rings.